The molecule has 2 aromatic carbocycles. The first kappa shape index (κ1) is 14.9. The van der Waals surface area contributed by atoms with Crippen molar-refractivity contribution in [2.24, 2.45) is 0 Å². The molecule has 6 nitrogen and oxygen atoms in total. The van der Waals surface area contributed by atoms with Crippen LogP contribution < -0.4 is 5.73 Å². The van der Waals surface area contributed by atoms with Crippen LogP contribution in [0, 0.1) is 0 Å². The van der Waals surface area contributed by atoms with Gasteiger partial charge in [0.05, 0.1) is 27.9 Å². The molecule has 0 fully saturated rings. The molecule has 0 saturated carbocycles. The van der Waals surface area contributed by atoms with Crippen molar-refractivity contribution in [1.82, 2.24) is 15.2 Å². The Morgan fingerprint density at radius 3 is 2.40 bits per heavy atom. The fourth-order valence-electron chi connectivity index (χ4n) is 2.81. The highest BCUT2D eigenvalue weighted by Gasteiger charge is 2.14. The molecule has 0 aliphatic heterocycles. The van der Waals surface area contributed by atoms with E-state index in [4.69, 9.17) is 15.8 Å². The zero-order chi connectivity index (χ0) is 17.4. The number of aromatic amines is 1. The number of hydrogen-bond acceptors (Lipinski definition) is 4. The van der Waals surface area contributed by atoms with Crippen molar-refractivity contribution in [2.45, 2.75) is 0 Å². The molecule has 0 bridgehead atoms. The summed E-state index contributed by atoms with van der Waals surface area (Å²) in [5, 5.41) is 16.8. The minimum Gasteiger partial charge on any atom is -0.478 e. The van der Waals surface area contributed by atoms with E-state index < -0.39 is 5.97 Å². The fourth-order valence-corrected chi connectivity index (χ4v) is 2.81. The van der Waals surface area contributed by atoms with Crippen LogP contribution in [0.1, 0.15) is 10.4 Å². The lowest BCUT2D eigenvalue weighted by Gasteiger charge is -2.08. The number of nitrogens with zero attached hydrogens (tertiary/aromatic N) is 2. The minimum atomic E-state index is -0.957. The van der Waals surface area contributed by atoms with E-state index in [9.17, 15) is 4.79 Å². The van der Waals surface area contributed by atoms with Crippen LogP contribution in [0.5, 0.6) is 0 Å². The summed E-state index contributed by atoms with van der Waals surface area (Å²) in [4.78, 5) is 15.8. The van der Waals surface area contributed by atoms with Gasteiger partial charge in [0.25, 0.3) is 0 Å². The summed E-state index contributed by atoms with van der Waals surface area (Å²) in [7, 11) is 0. The molecule has 25 heavy (non-hydrogen) atoms. The number of H-pyrrole nitrogens is 1. The van der Waals surface area contributed by atoms with E-state index >= 15 is 0 Å². The molecule has 4 rings (SSSR count). The number of rotatable bonds is 3. The summed E-state index contributed by atoms with van der Waals surface area (Å²) in [6.45, 7) is 0. The maximum atomic E-state index is 11.0. The van der Waals surface area contributed by atoms with Crippen LogP contribution in [0.25, 0.3) is 33.4 Å². The summed E-state index contributed by atoms with van der Waals surface area (Å²) in [5.41, 5.74) is 10.2. The number of carboxylic acid groups (broad SMARTS) is 1. The van der Waals surface area contributed by atoms with E-state index in [0.717, 1.165) is 27.7 Å². The van der Waals surface area contributed by atoms with Crippen LogP contribution in [-0.4, -0.2) is 26.3 Å². The topological polar surface area (TPSA) is 105 Å². The van der Waals surface area contributed by atoms with Gasteiger partial charge in [-0.15, -0.1) is 0 Å². The third-order valence-corrected chi connectivity index (χ3v) is 4.05. The lowest BCUT2D eigenvalue weighted by atomic mass is 10.0. The molecular formula is C19H14N4O2. The number of fused-ring (bicyclic) bond motifs is 1. The lowest BCUT2D eigenvalue weighted by Crippen LogP contribution is -1.96. The quantitative estimate of drug-likeness (QED) is 0.532. The third-order valence-electron chi connectivity index (χ3n) is 4.05. The van der Waals surface area contributed by atoms with E-state index in [1.807, 2.05) is 36.4 Å². The number of aromatic nitrogens is 3. The van der Waals surface area contributed by atoms with E-state index in [0.29, 0.717) is 11.5 Å². The Morgan fingerprint density at radius 2 is 1.72 bits per heavy atom. The van der Waals surface area contributed by atoms with Gasteiger partial charge in [0.2, 0.25) is 0 Å². The molecule has 0 saturated heterocycles. The van der Waals surface area contributed by atoms with Crippen LogP contribution >= 0.6 is 0 Å². The van der Waals surface area contributed by atoms with Gasteiger partial charge in [-0.2, -0.15) is 5.10 Å². The molecule has 0 amide bonds. The van der Waals surface area contributed by atoms with Crippen LogP contribution in [0.2, 0.25) is 0 Å². The Morgan fingerprint density at radius 1 is 1.00 bits per heavy atom. The first-order valence-electron chi connectivity index (χ1n) is 7.67. The van der Waals surface area contributed by atoms with Crippen molar-refractivity contribution in [2.75, 3.05) is 5.73 Å². The van der Waals surface area contributed by atoms with Crippen LogP contribution in [0.3, 0.4) is 0 Å². The highest BCUT2D eigenvalue weighted by Crippen LogP contribution is 2.33. The molecule has 0 atom stereocenters. The number of carboxylic acids is 1. The summed E-state index contributed by atoms with van der Waals surface area (Å²) >= 11 is 0. The van der Waals surface area contributed by atoms with E-state index in [2.05, 4.69) is 10.2 Å². The van der Waals surface area contributed by atoms with Gasteiger partial charge < -0.3 is 10.8 Å². The van der Waals surface area contributed by atoms with Crippen molar-refractivity contribution in [3.8, 4) is 22.5 Å². The molecule has 0 unspecified atom stereocenters. The molecule has 0 aliphatic rings. The predicted molar refractivity (Wildman–Crippen MR) is 96.1 cm³/mol. The zero-order valence-corrected chi connectivity index (χ0v) is 13.1. The Labute approximate surface area is 143 Å². The molecule has 0 spiro atoms. The van der Waals surface area contributed by atoms with Crippen molar-refractivity contribution in [1.29, 1.82) is 0 Å². The van der Waals surface area contributed by atoms with Crippen LogP contribution in [0.4, 0.5) is 5.82 Å². The molecule has 2 heterocycles. The van der Waals surface area contributed by atoms with Crippen molar-refractivity contribution < 1.29 is 9.90 Å². The monoisotopic (exact) mass is 330 g/mol. The lowest BCUT2D eigenvalue weighted by molar-refractivity contribution is 0.0697. The maximum Gasteiger partial charge on any atom is 0.335 e. The molecule has 2 aromatic heterocycles. The normalized spacial score (nSPS) is 10.9. The summed E-state index contributed by atoms with van der Waals surface area (Å²) < 4.78 is 0. The number of hydrogen-bond donors (Lipinski definition) is 3. The van der Waals surface area contributed by atoms with Crippen LogP contribution in [0.15, 0.2) is 60.7 Å². The molecule has 122 valence electrons. The van der Waals surface area contributed by atoms with Gasteiger partial charge in [-0.3, -0.25) is 5.10 Å². The van der Waals surface area contributed by atoms with Crippen LogP contribution in [-0.2, 0) is 0 Å². The third kappa shape index (κ3) is 2.59. The first-order valence-corrected chi connectivity index (χ1v) is 7.67. The Kier molecular flexibility index (Phi) is 3.43. The smallest absolute Gasteiger partial charge is 0.335 e. The van der Waals surface area contributed by atoms with Gasteiger partial charge >= 0.3 is 5.97 Å². The summed E-state index contributed by atoms with van der Waals surface area (Å²) in [5.74, 6) is -0.560. The van der Waals surface area contributed by atoms with Gasteiger partial charge in [-0.05, 0) is 18.2 Å². The highest BCUT2D eigenvalue weighted by atomic mass is 16.4. The van der Waals surface area contributed by atoms with Gasteiger partial charge in [0.15, 0.2) is 5.82 Å². The second kappa shape index (κ2) is 5.76. The predicted octanol–water partition coefficient (Wildman–Crippen LogP) is 3.57. The number of anilines is 1. The molecule has 0 radical (unpaired) electrons. The van der Waals surface area contributed by atoms with Crippen molar-refractivity contribution >= 4 is 22.7 Å². The number of pyridine rings is 1. The van der Waals surface area contributed by atoms with Gasteiger partial charge in [0.1, 0.15) is 0 Å². The van der Waals surface area contributed by atoms with Gasteiger partial charge in [-0.25, -0.2) is 9.78 Å². The van der Waals surface area contributed by atoms with Crippen molar-refractivity contribution in [3.63, 3.8) is 0 Å². The number of nitrogen functional groups attached to an aromatic ring is 1. The number of nitrogens with one attached hydrogen (secondary N) is 1. The first-order chi connectivity index (χ1) is 12.1. The van der Waals surface area contributed by atoms with Crippen molar-refractivity contribution in [3.05, 3.63) is 66.2 Å². The zero-order valence-electron chi connectivity index (χ0n) is 13.1. The maximum absolute atomic E-state index is 11.0. The minimum absolute atomic E-state index is 0.235. The number of aromatic carboxylic acids is 1. The average molecular weight is 330 g/mol. The molecule has 4 aromatic rings. The summed E-state index contributed by atoms with van der Waals surface area (Å²) in [6, 6.07) is 18.2. The van der Waals surface area contributed by atoms with E-state index in [1.54, 1.807) is 24.3 Å². The van der Waals surface area contributed by atoms with E-state index in [1.165, 1.54) is 0 Å². The van der Waals surface area contributed by atoms with Gasteiger partial charge in [-0.1, -0.05) is 42.5 Å². The highest BCUT2D eigenvalue weighted by molar-refractivity contribution is 6.01. The Hall–Kier alpha value is -3.67. The summed E-state index contributed by atoms with van der Waals surface area (Å²) in [6.07, 6.45) is 0. The molecule has 6 heteroatoms. The number of carbonyl (C=O) groups is 1. The molecular weight excluding hydrogens is 316 g/mol. The average Bonchev–Trinajstić information content (AvgIpc) is 3.03. The SMILES string of the molecule is Nc1n[nH]c2cc(-c3ccc(C(=O)O)cc3)nc(-c3ccccc3)c12. The number of nitrogens with two attached hydrogens (primary N) is 1. The Balaban J connectivity index is 1.93. The second-order valence-corrected chi connectivity index (χ2v) is 5.64. The molecule has 0 aliphatic carbocycles. The standard InChI is InChI=1S/C19H14N4O2/c20-18-16-15(22-23-18)10-14(11-6-8-13(9-7-11)19(24)25)21-17(16)12-4-2-1-3-5-12/h1-10H,(H,24,25)(H3,20,22,23). The fraction of sp³-hybridized carbons (Fsp3) is 0. The van der Waals surface area contributed by atoms with Gasteiger partial charge in [0, 0.05) is 11.1 Å². The second-order valence-electron chi connectivity index (χ2n) is 5.64. The Bertz CT molecular complexity index is 1070. The number of benzene rings is 2. The van der Waals surface area contributed by atoms with E-state index in [-0.39, 0.29) is 5.56 Å². The molecule has 4 N–H and O–H groups in total. The largest absolute Gasteiger partial charge is 0.478 e.